The van der Waals surface area contributed by atoms with E-state index in [4.69, 9.17) is 23.2 Å². The van der Waals surface area contributed by atoms with E-state index in [0.29, 0.717) is 41.2 Å². The number of hydrogen-bond acceptors (Lipinski definition) is 7. The number of nitrogens with zero attached hydrogens (tertiary/aromatic N) is 3. The van der Waals surface area contributed by atoms with Crippen LogP contribution in [0.1, 0.15) is 91.0 Å². The van der Waals surface area contributed by atoms with Crippen molar-refractivity contribution in [3.63, 3.8) is 0 Å². The third kappa shape index (κ3) is 11.1. The highest BCUT2D eigenvalue weighted by Gasteiger charge is 2.70. The number of likely N-dealkylation sites (N-methyl/N-ethyl adjacent to an activating group) is 2. The van der Waals surface area contributed by atoms with Crippen LogP contribution in [0.3, 0.4) is 0 Å². The molecule has 4 aliphatic rings. The van der Waals surface area contributed by atoms with E-state index in [1.807, 2.05) is 13.8 Å². The molecule has 2 saturated heterocycles. The molecular formula is C42H57Cl2F4N7O7. The molecule has 4 fully saturated rings. The molecule has 2 saturated carbocycles. The molecule has 62 heavy (non-hydrogen) atoms. The minimum atomic E-state index is -4.88. The fourth-order valence-corrected chi connectivity index (χ4v) is 8.61. The number of halogens is 6. The molecule has 0 spiro atoms. The van der Waals surface area contributed by atoms with Crippen LogP contribution in [0.25, 0.3) is 0 Å². The summed E-state index contributed by atoms with van der Waals surface area (Å²) in [5.41, 5.74) is -3.65. The zero-order chi connectivity index (χ0) is 46.1. The number of carbonyl (C=O) groups excluding carboxylic acids is 7. The van der Waals surface area contributed by atoms with Crippen molar-refractivity contribution < 1.29 is 51.1 Å². The summed E-state index contributed by atoms with van der Waals surface area (Å²) >= 11 is 12.8. The topological polar surface area (TPSA) is 177 Å². The van der Waals surface area contributed by atoms with Crippen LogP contribution in [0.2, 0.25) is 10.0 Å². The van der Waals surface area contributed by atoms with Gasteiger partial charge in [0, 0.05) is 43.5 Å². The maximum Gasteiger partial charge on any atom is 0.403 e. The number of amides is 7. The van der Waals surface area contributed by atoms with Crippen molar-refractivity contribution in [3.8, 4) is 0 Å². The maximum atomic E-state index is 14.7. The SMILES string of the molecule is CC(C)CC1NC(=O)[C@@H](N(C)C(=O)[C@@H](NC(=O)[C@@H]2C[C@@H](F)CN2C(=O)C2(C(F)(F)F)CC2)C2CC2)CCCCNC(=O)C(C)(C)NC(=O)C(Cc2cc(Cl)ccc2Cl)N(C)C1=O. The summed E-state index contributed by atoms with van der Waals surface area (Å²) in [7, 11) is 2.76. The van der Waals surface area contributed by atoms with Gasteiger partial charge in [0.2, 0.25) is 41.4 Å². The average Bonchev–Trinajstić information content (AvgIpc) is 4.13. The van der Waals surface area contributed by atoms with Gasteiger partial charge in [-0.05, 0) is 101 Å². The molecule has 2 heterocycles. The zero-order valence-electron chi connectivity index (χ0n) is 35.8. The van der Waals surface area contributed by atoms with E-state index in [2.05, 4.69) is 21.3 Å². The van der Waals surface area contributed by atoms with Gasteiger partial charge in [-0.15, -0.1) is 0 Å². The smallest absolute Gasteiger partial charge is 0.354 e. The molecule has 2 aliphatic heterocycles. The van der Waals surface area contributed by atoms with Crippen LogP contribution >= 0.6 is 23.2 Å². The van der Waals surface area contributed by atoms with Crippen LogP contribution in [0.15, 0.2) is 18.2 Å². The lowest BCUT2D eigenvalue weighted by Crippen LogP contribution is -2.62. The Bertz CT molecular complexity index is 1910. The number of hydrogen-bond donors (Lipinski definition) is 4. The molecule has 0 bridgehead atoms. The Hall–Kier alpha value is -4.19. The predicted molar refractivity (Wildman–Crippen MR) is 221 cm³/mol. The summed E-state index contributed by atoms with van der Waals surface area (Å²) in [6, 6.07) is -1.82. The normalized spacial score (nSPS) is 26.6. The molecule has 2 aliphatic carbocycles. The highest BCUT2D eigenvalue weighted by Crippen LogP contribution is 2.59. The molecule has 1 aromatic carbocycles. The highest BCUT2D eigenvalue weighted by molar-refractivity contribution is 6.33. The fourth-order valence-electron chi connectivity index (χ4n) is 8.22. The molecule has 2 unspecified atom stereocenters. The van der Waals surface area contributed by atoms with Crippen LogP contribution in [0.5, 0.6) is 0 Å². The fraction of sp³-hybridized carbons (Fsp3) is 0.690. The third-order valence-electron chi connectivity index (χ3n) is 12.3. The molecule has 5 rings (SSSR count). The Balaban J connectivity index is 1.42. The van der Waals surface area contributed by atoms with Crippen LogP contribution in [-0.2, 0) is 40.0 Å². The summed E-state index contributed by atoms with van der Waals surface area (Å²) in [5, 5.41) is 11.6. The number of benzene rings is 1. The van der Waals surface area contributed by atoms with Gasteiger partial charge in [-0.2, -0.15) is 13.2 Å². The van der Waals surface area contributed by atoms with Gasteiger partial charge >= 0.3 is 6.18 Å². The minimum absolute atomic E-state index is 0.0533. The van der Waals surface area contributed by atoms with Gasteiger partial charge < -0.3 is 36.0 Å². The Morgan fingerprint density at radius 2 is 1.68 bits per heavy atom. The first-order valence-corrected chi connectivity index (χ1v) is 21.8. The second-order valence-corrected chi connectivity index (χ2v) is 19.0. The summed E-state index contributed by atoms with van der Waals surface area (Å²) in [5.74, 6) is -6.13. The number of alkyl halides is 4. The van der Waals surface area contributed by atoms with E-state index in [1.54, 1.807) is 18.2 Å². The van der Waals surface area contributed by atoms with Crippen LogP contribution in [-0.4, -0.2) is 131 Å². The molecule has 20 heteroatoms. The van der Waals surface area contributed by atoms with Gasteiger partial charge in [0.25, 0.3) is 0 Å². The van der Waals surface area contributed by atoms with E-state index >= 15 is 0 Å². The van der Waals surface area contributed by atoms with Crippen molar-refractivity contribution in [1.82, 2.24) is 36.0 Å². The van der Waals surface area contributed by atoms with E-state index < -0.39 is 127 Å². The van der Waals surface area contributed by atoms with Crippen LogP contribution in [0, 0.1) is 17.3 Å². The van der Waals surface area contributed by atoms with Crippen molar-refractivity contribution in [2.75, 3.05) is 27.2 Å². The van der Waals surface area contributed by atoms with Gasteiger partial charge in [0.05, 0.1) is 6.54 Å². The number of likely N-dealkylation sites (tertiary alicyclic amines) is 1. The highest BCUT2D eigenvalue weighted by atomic mass is 35.5. The first-order chi connectivity index (χ1) is 28.9. The first kappa shape index (κ1) is 48.8. The summed E-state index contributed by atoms with van der Waals surface area (Å²) in [6.07, 6.45) is -6.39. The Morgan fingerprint density at radius 1 is 1.02 bits per heavy atom. The lowest BCUT2D eigenvalue weighted by molar-refractivity contribution is -0.199. The number of carbonyl (C=O) groups is 7. The van der Waals surface area contributed by atoms with Gasteiger partial charge in [-0.3, -0.25) is 33.6 Å². The molecule has 6 atom stereocenters. The molecule has 14 nitrogen and oxygen atoms in total. The molecule has 1 aromatic rings. The van der Waals surface area contributed by atoms with Gasteiger partial charge in [-0.25, -0.2) is 4.39 Å². The van der Waals surface area contributed by atoms with Crippen molar-refractivity contribution >= 4 is 64.6 Å². The Morgan fingerprint density at radius 3 is 2.27 bits per heavy atom. The van der Waals surface area contributed by atoms with E-state index in [1.165, 1.54) is 32.8 Å². The lowest BCUT2D eigenvalue weighted by atomic mass is 9.97. The monoisotopic (exact) mass is 917 g/mol. The number of nitrogens with one attached hydrogen (secondary N) is 4. The van der Waals surface area contributed by atoms with Crippen molar-refractivity contribution in [3.05, 3.63) is 33.8 Å². The largest absolute Gasteiger partial charge is 0.403 e. The standard InChI is InChI=1S/C42H57Cl2F4N7O7/c1-22(2)17-28-36(59)54(6)30(19-24-18-25(43)12-13-27(24)44)35(58)52-40(3,4)38(61)49-16-8-7-9-29(33(56)50-28)53(5)37(60)32(23-10-11-23)51-34(57)31-20-26(45)21-55(31)39(62)41(14-15-41)42(46,47)48/h12-13,18,22-23,26,28-32H,7-11,14-17,19-21H2,1-6H3,(H,49,61)(H,50,56)(H,51,57)(H,52,58)/t26-,28?,29+,30?,31+,32+/m1/s1. The summed E-state index contributed by atoms with van der Waals surface area (Å²) in [6.45, 7) is 6.16. The van der Waals surface area contributed by atoms with Gasteiger partial charge in [0.1, 0.15) is 47.3 Å². The summed E-state index contributed by atoms with van der Waals surface area (Å²) < 4.78 is 56.4. The molecular weight excluding hydrogens is 861 g/mol. The third-order valence-corrected chi connectivity index (χ3v) is 12.9. The van der Waals surface area contributed by atoms with Crippen molar-refractivity contribution in [1.29, 1.82) is 0 Å². The lowest BCUT2D eigenvalue weighted by Gasteiger charge is -2.36. The maximum absolute atomic E-state index is 14.7. The predicted octanol–water partition coefficient (Wildman–Crippen LogP) is 4.09. The van der Waals surface area contributed by atoms with Crippen LogP contribution < -0.4 is 21.3 Å². The van der Waals surface area contributed by atoms with E-state index in [0.717, 1.165) is 4.90 Å². The molecule has 4 N–H and O–H groups in total. The molecule has 7 amide bonds. The average molecular weight is 919 g/mol. The zero-order valence-corrected chi connectivity index (χ0v) is 37.3. The van der Waals surface area contributed by atoms with Gasteiger partial charge in [-0.1, -0.05) is 37.0 Å². The first-order valence-electron chi connectivity index (χ1n) is 21.1. The quantitative estimate of drug-likeness (QED) is 0.256. The molecule has 0 aromatic heterocycles. The van der Waals surface area contributed by atoms with Crippen molar-refractivity contribution in [2.24, 2.45) is 17.3 Å². The number of rotatable bonds is 10. The van der Waals surface area contributed by atoms with E-state index in [-0.39, 0.29) is 36.7 Å². The van der Waals surface area contributed by atoms with E-state index in [9.17, 15) is 51.1 Å². The Labute approximate surface area is 368 Å². The molecule has 344 valence electrons. The second kappa shape index (κ2) is 19.3. The second-order valence-electron chi connectivity index (χ2n) is 18.1. The van der Waals surface area contributed by atoms with Gasteiger partial charge in [0.15, 0.2) is 0 Å². The summed E-state index contributed by atoms with van der Waals surface area (Å²) in [4.78, 5) is 101. The van der Waals surface area contributed by atoms with Crippen LogP contribution in [0.4, 0.5) is 17.6 Å². The molecule has 0 radical (unpaired) electrons. The van der Waals surface area contributed by atoms with Crippen molar-refractivity contribution in [2.45, 2.75) is 140 Å². The minimum Gasteiger partial charge on any atom is -0.354 e. The Kier molecular flexibility index (Phi) is 15.2.